The van der Waals surface area contributed by atoms with Crippen LogP contribution >= 0.6 is 11.3 Å². The third-order valence-corrected chi connectivity index (χ3v) is 6.68. The first-order chi connectivity index (χ1) is 16.0. The molecule has 2 aromatic carbocycles. The van der Waals surface area contributed by atoms with Crippen LogP contribution in [0.3, 0.4) is 0 Å². The van der Waals surface area contributed by atoms with Crippen LogP contribution in [-0.2, 0) is 7.05 Å². The molecule has 8 nitrogen and oxygen atoms in total. The van der Waals surface area contributed by atoms with E-state index in [0.717, 1.165) is 34.2 Å². The zero-order valence-corrected chi connectivity index (χ0v) is 19.0. The molecule has 0 spiro atoms. The molecule has 4 aromatic rings. The number of nitrogens with zero attached hydrogens (tertiary/aromatic N) is 4. The van der Waals surface area contributed by atoms with Crippen molar-refractivity contribution in [2.24, 2.45) is 7.05 Å². The molecule has 0 unspecified atom stereocenters. The van der Waals surface area contributed by atoms with Crippen LogP contribution in [0.1, 0.15) is 33.8 Å². The Balaban J connectivity index is 1.31. The minimum absolute atomic E-state index is 0.151. The van der Waals surface area contributed by atoms with Gasteiger partial charge in [-0.2, -0.15) is 5.10 Å². The lowest BCUT2D eigenvalue weighted by Crippen LogP contribution is -2.40. The first-order valence-corrected chi connectivity index (χ1v) is 11.7. The number of fused-ring (bicyclic) bond motifs is 1. The van der Waals surface area contributed by atoms with E-state index in [4.69, 9.17) is 5.73 Å². The number of anilines is 1. The van der Waals surface area contributed by atoms with Crippen LogP contribution in [0.25, 0.3) is 21.3 Å². The van der Waals surface area contributed by atoms with Gasteiger partial charge >= 0.3 is 0 Å². The Morgan fingerprint density at radius 1 is 1.12 bits per heavy atom. The van der Waals surface area contributed by atoms with E-state index in [-0.39, 0.29) is 17.9 Å². The molecule has 2 aromatic heterocycles. The van der Waals surface area contributed by atoms with Crippen LogP contribution in [0.4, 0.5) is 5.13 Å². The molecule has 1 fully saturated rings. The fraction of sp³-hybridized carbons (Fsp3) is 0.250. The maximum Gasteiger partial charge on any atom is 0.274 e. The van der Waals surface area contributed by atoms with Crippen molar-refractivity contribution in [3.8, 4) is 10.4 Å². The van der Waals surface area contributed by atoms with Crippen LogP contribution in [0.15, 0.2) is 54.6 Å². The molecule has 168 valence electrons. The minimum Gasteiger partial charge on any atom is -0.375 e. The lowest BCUT2D eigenvalue weighted by atomic mass is 10.1. The van der Waals surface area contributed by atoms with Crippen molar-refractivity contribution in [3.63, 3.8) is 0 Å². The Hall–Kier alpha value is -3.72. The molecule has 3 N–H and O–H groups in total. The molecule has 33 heavy (non-hydrogen) atoms. The molecule has 0 saturated heterocycles. The maximum atomic E-state index is 13.4. The predicted molar refractivity (Wildman–Crippen MR) is 129 cm³/mol. The van der Waals surface area contributed by atoms with Gasteiger partial charge in [0.25, 0.3) is 11.8 Å². The number of aromatic nitrogens is 3. The Morgan fingerprint density at radius 3 is 2.61 bits per heavy atom. The van der Waals surface area contributed by atoms with Gasteiger partial charge < -0.3 is 16.0 Å². The van der Waals surface area contributed by atoms with E-state index in [2.05, 4.69) is 15.4 Å². The Morgan fingerprint density at radius 2 is 1.85 bits per heavy atom. The van der Waals surface area contributed by atoms with Gasteiger partial charge in [0.1, 0.15) is 5.69 Å². The number of benzene rings is 2. The SMILES string of the molecule is Cn1nc(C(=O)NCCN(C(=O)c2nc(N)sc2-c2ccccc2)C2CC2)c2ccccc21. The van der Waals surface area contributed by atoms with E-state index < -0.39 is 0 Å². The van der Waals surface area contributed by atoms with Crippen molar-refractivity contribution in [3.05, 3.63) is 66.0 Å². The molecule has 1 aliphatic carbocycles. The summed E-state index contributed by atoms with van der Waals surface area (Å²) in [5.74, 6) is -0.403. The average molecular weight is 461 g/mol. The quantitative estimate of drug-likeness (QED) is 0.440. The highest BCUT2D eigenvalue weighted by Gasteiger charge is 2.35. The van der Waals surface area contributed by atoms with Crippen LogP contribution in [0.2, 0.25) is 0 Å². The van der Waals surface area contributed by atoms with Gasteiger partial charge in [0, 0.05) is 31.6 Å². The average Bonchev–Trinajstić information content (AvgIpc) is 3.51. The number of amides is 2. The fourth-order valence-corrected chi connectivity index (χ4v) is 4.82. The number of hydrogen-bond acceptors (Lipinski definition) is 6. The van der Waals surface area contributed by atoms with Gasteiger partial charge in [-0.25, -0.2) is 4.98 Å². The molecule has 1 saturated carbocycles. The summed E-state index contributed by atoms with van der Waals surface area (Å²) in [5.41, 5.74) is 8.54. The molecule has 9 heteroatoms. The van der Waals surface area contributed by atoms with E-state index in [0.29, 0.717) is 29.6 Å². The summed E-state index contributed by atoms with van der Waals surface area (Å²) in [6, 6.07) is 17.5. The number of rotatable bonds is 7. The van der Waals surface area contributed by atoms with Crippen LogP contribution in [0, 0.1) is 0 Å². The van der Waals surface area contributed by atoms with Gasteiger partial charge in [-0.1, -0.05) is 59.9 Å². The third-order valence-electron chi connectivity index (χ3n) is 5.74. The normalized spacial score (nSPS) is 13.2. The summed E-state index contributed by atoms with van der Waals surface area (Å²) in [4.78, 5) is 33.2. The van der Waals surface area contributed by atoms with Gasteiger partial charge in [-0.05, 0) is 24.5 Å². The summed E-state index contributed by atoms with van der Waals surface area (Å²) in [6.45, 7) is 0.720. The molecule has 0 atom stereocenters. The van der Waals surface area contributed by atoms with Crippen LogP contribution in [-0.4, -0.2) is 50.6 Å². The predicted octanol–water partition coefficient (Wildman–Crippen LogP) is 3.31. The first kappa shape index (κ1) is 21.1. The maximum absolute atomic E-state index is 13.4. The van der Waals surface area contributed by atoms with Gasteiger partial charge in [0.05, 0.1) is 10.4 Å². The lowest BCUT2D eigenvalue weighted by molar-refractivity contribution is 0.0732. The van der Waals surface area contributed by atoms with Crippen molar-refractivity contribution in [1.29, 1.82) is 0 Å². The van der Waals surface area contributed by atoms with E-state index in [1.54, 1.807) is 9.58 Å². The summed E-state index contributed by atoms with van der Waals surface area (Å²) < 4.78 is 1.70. The number of nitrogens with two attached hydrogens (primary N) is 1. The van der Waals surface area contributed by atoms with Crippen molar-refractivity contribution < 1.29 is 9.59 Å². The van der Waals surface area contributed by atoms with Crippen molar-refractivity contribution in [2.75, 3.05) is 18.8 Å². The monoisotopic (exact) mass is 460 g/mol. The second-order valence-electron chi connectivity index (χ2n) is 8.07. The van der Waals surface area contributed by atoms with E-state index in [9.17, 15) is 9.59 Å². The zero-order valence-electron chi connectivity index (χ0n) is 18.2. The molecule has 0 aliphatic heterocycles. The van der Waals surface area contributed by atoms with Gasteiger partial charge in [0.2, 0.25) is 0 Å². The number of nitrogen functional groups attached to an aromatic ring is 1. The minimum atomic E-state index is -0.252. The number of carbonyl (C=O) groups is 2. The highest BCUT2D eigenvalue weighted by atomic mass is 32.1. The molecular weight excluding hydrogens is 436 g/mol. The smallest absolute Gasteiger partial charge is 0.274 e. The first-order valence-electron chi connectivity index (χ1n) is 10.9. The lowest BCUT2D eigenvalue weighted by Gasteiger charge is -2.22. The Kier molecular flexibility index (Phi) is 5.55. The second kappa shape index (κ2) is 8.67. The highest BCUT2D eigenvalue weighted by molar-refractivity contribution is 7.19. The summed E-state index contributed by atoms with van der Waals surface area (Å²) >= 11 is 1.31. The highest BCUT2D eigenvalue weighted by Crippen LogP contribution is 2.35. The number of nitrogens with one attached hydrogen (secondary N) is 1. The number of para-hydroxylation sites is 1. The van der Waals surface area contributed by atoms with Crippen molar-refractivity contribution in [1.82, 2.24) is 25.0 Å². The summed E-state index contributed by atoms with van der Waals surface area (Å²) in [5, 5.41) is 8.46. The van der Waals surface area contributed by atoms with Crippen LogP contribution in [0.5, 0.6) is 0 Å². The number of thiazole rings is 1. The molecule has 0 bridgehead atoms. The zero-order chi connectivity index (χ0) is 22.9. The van der Waals surface area contributed by atoms with Crippen molar-refractivity contribution >= 4 is 39.2 Å². The van der Waals surface area contributed by atoms with E-state index in [1.807, 2.05) is 61.6 Å². The summed E-state index contributed by atoms with van der Waals surface area (Å²) in [6.07, 6.45) is 1.90. The molecular formula is C24H24N6O2S. The third kappa shape index (κ3) is 4.19. The second-order valence-corrected chi connectivity index (χ2v) is 9.10. The Labute approximate surface area is 195 Å². The van der Waals surface area contributed by atoms with E-state index in [1.165, 1.54) is 11.3 Å². The summed E-state index contributed by atoms with van der Waals surface area (Å²) in [7, 11) is 1.82. The standard InChI is InChI=1S/C24H24N6O2S/c1-29-18-10-6-5-9-17(18)19(28-29)22(31)26-13-14-30(16-11-12-16)23(32)20-21(33-24(25)27-20)15-7-3-2-4-8-15/h2-10,16H,11-14H2,1H3,(H2,25,27)(H,26,31). The molecule has 5 rings (SSSR count). The topological polar surface area (TPSA) is 106 Å². The van der Waals surface area contributed by atoms with Crippen LogP contribution < -0.4 is 11.1 Å². The van der Waals surface area contributed by atoms with E-state index >= 15 is 0 Å². The number of carbonyl (C=O) groups excluding carboxylic acids is 2. The Bertz CT molecular complexity index is 1330. The van der Waals surface area contributed by atoms with Gasteiger partial charge in [-0.15, -0.1) is 0 Å². The van der Waals surface area contributed by atoms with Gasteiger partial charge in [-0.3, -0.25) is 14.3 Å². The largest absolute Gasteiger partial charge is 0.375 e. The fourth-order valence-electron chi connectivity index (χ4n) is 3.99. The number of aryl methyl sites for hydroxylation is 1. The molecule has 2 heterocycles. The van der Waals surface area contributed by atoms with Crippen molar-refractivity contribution in [2.45, 2.75) is 18.9 Å². The number of hydrogen-bond donors (Lipinski definition) is 2. The molecule has 1 aliphatic rings. The van der Waals surface area contributed by atoms with Gasteiger partial charge in [0.15, 0.2) is 10.8 Å². The molecule has 0 radical (unpaired) electrons. The molecule has 2 amide bonds.